The molecule has 0 saturated carbocycles. The third-order valence-corrected chi connectivity index (χ3v) is 4.91. The topological polar surface area (TPSA) is 47.6 Å². The summed E-state index contributed by atoms with van der Waals surface area (Å²) in [5.41, 5.74) is 1.58. The molecule has 0 spiro atoms. The van der Waals surface area contributed by atoms with Crippen molar-refractivity contribution in [3.63, 3.8) is 0 Å². The Morgan fingerprint density at radius 3 is 2.62 bits per heavy atom. The van der Waals surface area contributed by atoms with Crippen molar-refractivity contribution < 1.29 is 18.7 Å². The highest BCUT2D eigenvalue weighted by atomic mass is 35.5. The maximum Gasteiger partial charge on any atom is 0.230 e. The largest absolute Gasteiger partial charge is 0.493 e. The molecule has 4 nitrogen and oxygen atoms in total. The second kappa shape index (κ2) is 10.3. The quantitative estimate of drug-likeness (QED) is 0.692. The van der Waals surface area contributed by atoms with Crippen LogP contribution in [0.3, 0.4) is 0 Å². The average molecular weight is 398 g/mol. The highest BCUT2D eigenvalue weighted by Crippen LogP contribution is 2.27. The van der Waals surface area contributed by atoms with Gasteiger partial charge < -0.3 is 14.8 Å². The Bertz CT molecular complexity index is 758. The first-order valence-corrected chi connectivity index (χ1v) is 9.56. The maximum absolute atomic E-state index is 13.7. The number of hydrogen-bond acceptors (Lipinski definition) is 4. The van der Waals surface area contributed by atoms with Gasteiger partial charge in [-0.3, -0.25) is 4.79 Å². The summed E-state index contributed by atoms with van der Waals surface area (Å²) in [7, 11) is 3.18. The molecule has 2 rings (SSSR count). The van der Waals surface area contributed by atoms with E-state index in [9.17, 15) is 9.18 Å². The lowest BCUT2D eigenvalue weighted by Gasteiger charge is -2.10. The average Bonchev–Trinajstić information content (AvgIpc) is 2.63. The maximum atomic E-state index is 13.7. The lowest BCUT2D eigenvalue weighted by atomic mass is 10.1. The molecule has 2 aromatic carbocycles. The van der Waals surface area contributed by atoms with E-state index in [1.807, 2.05) is 18.2 Å². The number of hydrogen-bond donors (Lipinski definition) is 1. The molecule has 0 atom stereocenters. The summed E-state index contributed by atoms with van der Waals surface area (Å²) < 4.78 is 24.1. The van der Waals surface area contributed by atoms with Crippen molar-refractivity contribution in [2.45, 2.75) is 12.2 Å². The molecule has 0 aliphatic heterocycles. The lowest BCUT2D eigenvalue weighted by molar-refractivity contribution is -0.118. The highest BCUT2D eigenvalue weighted by molar-refractivity contribution is 7.99. The van der Waals surface area contributed by atoms with E-state index in [4.69, 9.17) is 21.1 Å². The van der Waals surface area contributed by atoms with E-state index < -0.39 is 0 Å². The fourth-order valence-electron chi connectivity index (χ4n) is 2.33. The predicted octanol–water partition coefficient (Wildman–Crippen LogP) is 4.09. The summed E-state index contributed by atoms with van der Waals surface area (Å²) in [6.45, 7) is 0.518. The van der Waals surface area contributed by atoms with Crippen LogP contribution in [-0.2, 0) is 17.0 Å². The van der Waals surface area contributed by atoms with E-state index >= 15 is 0 Å². The van der Waals surface area contributed by atoms with Crippen molar-refractivity contribution in [3.05, 3.63) is 58.4 Å². The number of carbonyl (C=O) groups excluding carboxylic acids is 1. The first-order valence-electron chi connectivity index (χ1n) is 8.02. The van der Waals surface area contributed by atoms with E-state index in [1.54, 1.807) is 26.4 Å². The molecule has 26 heavy (non-hydrogen) atoms. The van der Waals surface area contributed by atoms with Crippen LogP contribution in [0.1, 0.15) is 11.1 Å². The Morgan fingerprint density at radius 2 is 1.92 bits per heavy atom. The number of ether oxygens (including phenoxy) is 2. The van der Waals surface area contributed by atoms with E-state index in [0.29, 0.717) is 40.8 Å². The molecule has 2 aromatic rings. The van der Waals surface area contributed by atoms with Crippen molar-refractivity contribution in [2.75, 3.05) is 26.5 Å². The highest BCUT2D eigenvalue weighted by Gasteiger charge is 2.07. The van der Waals surface area contributed by atoms with Gasteiger partial charge in [0, 0.05) is 17.3 Å². The van der Waals surface area contributed by atoms with Crippen LogP contribution in [-0.4, -0.2) is 32.4 Å². The van der Waals surface area contributed by atoms with Crippen molar-refractivity contribution in [1.29, 1.82) is 0 Å². The summed E-state index contributed by atoms with van der Waals surface area (Å²) in [5.74, 6) is 1.60. The van der Waals surface area contributed by atoms with Crippen LogP contribution in [0.15, 0.2) is 36.4 Å². The monoisotopic (exact) mass is 397 g/mol. The Balaban J connectivity index is 1.72. The van der Waals surface area contributed by atoms with Gasteiger partial charge in [0.2, 0.25) is 5.91 Å². The first kappa shape index (κ1) is 20.4. The minimum Gasteiger partial charge on any atom is -0.493 e. The number of halogens is 2. The number of carbonyl (C=O) groups is 1. The van der Waals surface area contributed by atoms with Gasteiger partial charge in [-0.05, 0) is 41.8 Å². The summed E-state index contributed by atoms with van der Waals surface area (Å²) in [6, 6.07) is 10.2. The normalized spacial score (nSPS) is 10.5. The minimum absolute atomic E-state index is 0.0788. The second-order valence-electron chi connectivity index (χ2n) is 5.52. The fourth-order valence-corrected chi connectivity index (χ4v) is 3.33. The Kier molecular flexibility index (Phi) is 8.06. The molecule has 140 valence electrons. The molecule has 7 heteroatoms. The number of benzene rings is 2. The number of methoxy groups -OCH3 is 2. The molecule has 0 unspecified atom stereocenters. The molecule has 0 bridgehead atoms. The van der Waals surface area contributed by atoms with Gasteiger partial charge in [0.25, 0.3) is 0 Å². The molecular weight excluding hydrogens is 377 g/mol. The molecule has 0 fully saturated rings. The predicted molar refractivity (Wildman–Crippen MR) is 104 cm³/mol. The summed E-state index contributed by atoms with van der Waals surface area (Å²) in [6.07, 6.45) is 0.683. The van der Waals surface area contributed by atoms with Gasteiger partial charge in [0.05, 0.1) is 20.0 Å². The molecule has 1 N–H and O–H groups in total. The number of nitrogens with one attached hydrogen (secondary N) is 1. The van der Waals surface area contributed by atoms with Crippen LogP contribution in [0.25, 0.3) is 0 Å². The van der Waals surface area contributed by atoms with Gasteiger partial charge in [0.15, 0.2) is 11.5 Å². The third kappa shape index (κ3) is 6.11. The van der Waals surface area contributed by atoms with Crippen molar-refractivity contribution in [2.24, 2.45) is 0 Å². The van der Waals surface area contributed by atoms with Crippen LogP contribution in [0.4, 0.5) is 4.39 Å². The second-order valence-corrected chi connectivity index (χ2v) is 6.94. The zero-order chi connectivity index (χ0) is 18.9. The summed E-state index contributed by atoms with van der Waals surface area (Å²) in [5, 5.41) is 3.23. The molecular formula is C19H21ClFNO3S. The van der Waals surface area contributed by atoms with Crippen molar-refractivity contribution in [1.82, 2.24) is 5.32 Å². The van der Waals surface area contributed by atoms with Crippen LogP contribution >= 0.6 is 23.4 Å². The van der Waals surface area contributed by atoms with Crippen LogP contribution in [0, 0.1) is 5.82 Å². The molecule has 0 radical (unpaired) electrons. The Morgan fingerprint density at radius 1 is 1.15 bits per heavy atom. The van der Waals surface area contributed by atoms with Gasteiger partial charge in [-0.2, -0.15) is 0 Å². The van der Waals surface area contributed by atoms with Gasteiger partial charge in [-0.25, -0.2) is 4.39 Å². The molecule has 1 amide bonds. The molecule has 0 heterocycles. The van der Waals surface area contributed by atoms with Gasteiger partial charge >= 0.3 is 0 Å². The van der Waals surface area contributed by atoms with Crippen molar-refractivity contribution in [3.8, 4) is 11.5 Å². The van der Waals surface area contributed by atoms with Crippen LogP contribution in [0.2, 0.25) is 5.02 Å². The minimum atomic E-state index is -0.348. The number of thioether (sulfide) groups is 1. The van der Waals surface area contributed by atoms with Crippen LogP contribution < -0.4 is 14.8 Å². The van der Waals surface area contributed by atoms with Crippen LogP contribution in [0.5, 0.6) is 11.5 Å². The smallest absolute Gasteiger partial charge is 0.230 e. The van der Waals surface area contributed by atoms with E-state index in [1.165, 1.54) is 17.8 Å². The van der Waals surface area contributed by atoms with E-state index in [0.717, 1.165) is 5.56 Å². The lowest BCUT2D eigenvalue weighted by Crippen LogP contribution is -2.27. The van der Waals surface area contributed by atoms with E-state index in [2.05, 4.69) is 5.32 Å². The van der Waals surface area contributed by atoms with Gasteiger partial charge in [-0.1, -0.05) is 23.7 Å². The zero-order valence-electron chi connectivity index (χ0n) is 14.7. The summed E-state index contributed by atoms with van der Waals surface area (Å²) in [4.78, 5) is 11.9. The molecule has 0 aliphatic rings. The molecule has 0 aliphatic carbocycles. The zero-order valence-corrected chi connectivity index (χ0v) is 16.3. The Labute approximate surface area is 162 Å². The SMILES string of the molecule is COc1ccc(CCNC(=O)CSCc2ccc(Cl)cc2F)cc1OC. The van der Waals surface area contributed by atoms with E-state index in [-0.39, 0.29) is 17.5 Å². The molecule has 0 saturated heterocycles. The fraction of sp³-hybridized carbons (Fsp3) is 0.316. The van der Waals surface area contributed by atoms with Gasteiger partial charge in [0.1, 0.15) is 5.82 Å². The Hall–Kier alpha value is -1.92. The third-order valence-electron chi connectivity index (χ3n) is 3.69. The van der Waals surface area contributed by atoms with Crippen molar-refractivity contribution >= 4 is 29.3 Å². The first-order chi connectivity index (χ1) is 12.5. The molecule has 0 aromatic heterocycles. The van der Waals surface area contributed by atoms with Gasteiger partial charge in [-0.15, -0.1) is 11.8 Å². The number of rotatable bonds is 9. The standard InChI is InChI=1S/C19H21ClFNO3S/c1-24-17-6-3-13(9-18(17)25-2)7-8-22-19(23)12-26-11-14-4-5-15(20)10-16(14)21/h3-6,9-10H,7-8,11-12H2,1-2H3,(H,22,23). The summed E-state index contributed by atoms with van der Waals surface area (Å²) >= 11 is 7.08. The number of amides is 1.